The van der Waals surface area contributed by atoms with Crippen molar-refractivity contribution in [3.05, 3.63) is 41.0 Å². The summed E-state index contributed by atoms with van der Waals surface area (Å²) in [7, 11) is 0. The van der Waals surface area contributed by atoms with Gasteiger partial charge in [-0.25, -0.2) is 19.2 Å². The zero-order valence-electron chi connectivity index (χ0n) is 17.0. The van der Waals surface area contributed by atoms with Crippen LogP contribution in [0.5, 0.6) is 0 Å². The van der Waals surface area contributed by atoms with Gasteiger partial charge in [0.2, 0.25) is 5.95 Å². The molecule has 1 aromatic carbocycles. The second-order valence-electron chi connectivity index (χ2n) is 8.46. The van der Waals surface area contributed by atoms with Crippen LogP contribution in [-0.4, -0.2) is 50.9 Å². The van der Waals surface area contributed by atoms with Gasteiger partial charge < -0.3 is 15.3 Å². The van der Waals surface area contributed by atoms with Crippen molar-refractivity contribution in [2.75, 3.05) is 18.4 Å². The Morgan fingerprint density at radius 3 is 2.67 bits per heavy atom. The number of hydrogen-bond donors (Lipinski definition) is 2. The fraction of sp³-hybridized carbons (Fsp3) is 0.429. The van der Waals surface area contributed by atoms with Crippen LogP contribution < -0.4 is 5.32 Å². The molecule has 3 rings (SSSR count). The van der Waals surface area contributed by atoms with Crippen LogP contribution in [-0.2, 0) is 0 Å². The number of alkyl halides is 1. The van der Waals surface area contributed by atoms with Gasteiger partial charge in [0.1, 0.15) is 0 Å². The first kappa shape index (κ1) is 21.8. The van der Waals surface area contributed by atoms with Crippen molar-refractivity contribution in [1.82, 2.24) is 14.9 Å². The summed E-state index contributed by atoms with van der Waals surface area (Å²) in [5.74, 6) is 0.192. The number of anilines is 1. The molecule has 7 nitrogen and oxygen atoms in total. The van der Waals surface area contributed by atoms with Crippen LogP contribution in [0.25, 0.3) is 11.3 Å². The summed E-state index contributed by atoms with van der Waals surface area (Å²) < 4.78 is 15.9. The standard InChI is InChI=1S/C21H23ClFN5O2/c1-20(2,3)17-21(23,8-9-28(17)19(29)30)12-26-18-25-11-15(22)16(27-18)14-6-4-13(10-24)5-7-14/h4-7,11,17H,8-9,12H2,1-3H3,(H,29,30)(H,25,26,27). The van der Waals surface area contributed by atoms with Gasteiger partial charge in [0.25, 0.3) is 0 Å². The zero-order chi connectivity index (χ0) is 22.1. The predicted octanol–water partition coefficient (Wildman–Crippen LogP) is 4.59. The van der Waals surface area contributed by atoms with Crippen molar-refractivity contribution in [2.24, 2.45) is 5.41 Å². The van der Waals surface area contributed by atoms with E-state index in [2.05, 4.69) is 15.3 Å². The van der Waals surface area contributed by atoms with Crippen LogP contribution in [0.15, 0.2) is 30.5 Å². The van der Waals surface area contributed by atoms with E-state index in [0.717, 1.165) is 0 Å². The van der Waals surface area contributed by atoms with Crippen molar-refractivity contribution in [3.8, 4) is 17.3 Å². The van der Waals surface area contributed by atoms with E-state index < -0.39 is 23.2 Å². The van der Waals surface area contributed by atoms with Crippen LogP contribution in [0.2, 0.25) is 5.02 Å². The van der Waals surface area contributed by atoms with Gasteiger partial charge in [-0.1, -0.05) is 44.5 Å². The highest BCUT2D eigenvalue weighted by atomic mass is 35.5. The smallest absolute Gasteiger partial charge is 0.407 e. The SMILES string of the molecule is CC(C)(C)C1N(C(=O)O)CCC1(F)CNc1ncc(Cl)c(-c2ccc(C#N)cc2)n1. The third-order valence-electron chi connectivity index (χ3n) is 5.21. The number of nitrogens with zero attached hydrogens (tertiary/aromatic N) is 4. The largest absolute Gasteiger partial charge is 0.465 e. The number of carboxylic acid groups (broad SMARTS) is 1. The Kier molecular flexibility index (Phi) is 5.86. The summed E-state index contributed by atoms with van der Waals surface area (Å²) in [5.41, 5.74) is -0.685. The highest BCUT2D eigenvalue weighted by Crippen LogP contribution is 2.42. The molecule has 2 atom stereocenters. The number of benzene rings is 1. The number of hydrogen-bond acceptors (Lipinski definition) is 5. The van der Waals surface area contributed by atoms with Crippen molar-refractivity contribution in [3.63, 3.8) is 0 Å². The van der Waals surface area contributed by atoms with Crippen LogP contribution in [0, 0.1) is 16.7 Å². The van der Waals surface area contributed by atoms with E-state index in [4.69, 9.17) is 16.9 Å². The molecule has 1 amide bonds. The molecule has 0 spiro atoms. The maximum atomic E-state index is 15.9. The molecule has 2 N–H and O–H groups in total. The van der Waals surface area contributed by atoms with E-state index in [-0.39, 0.29) is 25.5 Å². The maximum absolute atomic E-state index is 15.9. The van der Waals surface area contributed by atoms with Crippen LogP contribution in [0.3, 0.4) is 0 Å². The van der Waals surface area contributed by atoms with E-state index >= 15 is 4.39 Å². The fourth-order valence-electron chi connectivity index (χ4n) is 4.07. The number of likely N-dealkylation sites (tertiary alicyclic amines) is 1. The average Bonchev–Trinajstić information content (AvgIpc) is 3.06. The molecule has 30 heavy (non-hydrogen) atoms. The second kappa shape index (κ2) is 8.07. The third-order valence-corrected chi connectivity index (χ3v) is 5.48. The minimum Gasteiger partial charge on any atom is -0.465 e. The topological polar surface area (TPSA) is 102 Å². The lowest BCUT2D eigenvalue weighted by Gasteiger charge is -2.40. The van der Waals surface area contributed by atoms with Gasteiger partial charge in [-0.15, -0.1) is 0 Å². The summed E-state index contributed by atoms with van der Waals surface area (Å²) in [4.78, 5) is 21.3. The van der Waals surface area contributed by atoms with Crippen molar-refractivity contribution in [1.29, 1.82) is 5.26 Å². The molecule has 1 saturated heterocycles. The van der Waals surface area contributed by atoms with Gasteiger partial charge in [0, 0.05) is 18.5 Å². The third kappa shape index (κ3) is 4.31. The van der Waals surface area contributed by atoms with Gasteiger partial charge in [-0.2, -0.15) is 5.26 Å². The Hall–Kier alpha value is -2.92. The van der Waals surface area contributed by atoms with Gasteiger partial charge >= 0.3 is 6.09 Å². The van der Waals surface area contributed by atoms with E-state index in [1.807, 2.05) is 26.8 Å². The molecule has 158 valence electrons. The number of amides is 1. The number of carbonyl (C=O) groups is 1. The predicted molar refractivity (Wildman–Crippen MR) is 112 cm³/mol. The van der Waals surface area contributed by atoms with E-state index in [9.17, 15) is 9.90 Å². The number of nitrogens with one attached hydrogen (secondary N) is 1. The Bertz CT molecular complexity index is 986. The first-order chi connectivity index (χ1) is 14.0. The molecular weight excluding hydrogens is 409 g/mol. The van der Waals surface area contributed by atoms with Gasteiger partial charge in [-0.3, -0.25) is 0 Å². The molecule has 0 bridgehead atoms. The molecule has 1 aromatic heterocycles. The van der Waals surface area contributed by atoms with Crippen molar-refractivity contribution < 1.29 is 14.3 Å². The van der Waals surface area contributed by atoms with Gasteiger partial charge in [0.15, 0.2) is 5.67 Å². The van der Waals surface area contributed by atoms with Gasteiger partial charge in [-0.05, 0) is 17.5 Å². The molecule has 2 heterocycles. The van der Waals surface area contributed by atoms with Crippen LogP contribution in [0.4, 0.5) is 15.1 Å². The number of aromatic nitrogens is 2. The first-order valence-electron chi connectivity index (χ1n) is 9.50. The maximum Gasteiger partial charge on any atom is 0.407 e. The minimum absolute atomic E-state index is 0.0876. The average molecular weight is 432 g/mol. The lowest BCUT2D eigenvalue weighted by atomic mass is 9.77. The summed E-state index contributed by atoms with van der Waals surface area (Å²) in [6.45, 7) is 5.49. The van der Waals surface area contributed by atoms with Crippen molar-refractivity contribution >= 4 is 23.6 Å². The molecule has 9 heteroatoms. The van der Waals surface area contributed by atoms with Gasteiger partial charge in [0.05, 0.1) is 41.1 Å². The Balaban J connectivity index is 1.83. The van der Waals surface area contributed by atoms with E-state index in [0.29, 0.717) is 21.8 Å². The number of halogens is 2. The molecule has 0 radical (unpaired) electrons. The number of nitriles is 1. The van der Waals surface area contributed by atoms with E-state index in [1.165, 1.54) is 11.1 Å². The molecule has 0 saturated carbocycles. The van der Waals surface area contributed by atoms with Crippen LogP contribution >= 0.6 is 11.6 Å². The minimum atomic E-state index is -1.77. The second-order valence-corrected chi connectivity index (χ2v) is 8.87. The molecular formula is C21H23ClFN5O2. The zero-order valence-corrected chi connectivity index (χ0v) is 17.7. The normalized spacial score (nSPS) is 21.3. The molecule has 1 fully saturated rings. The van der Waals surface area contributed by atoms with Crippen LogP contribution in [0.1, 0.15) is 32.8 Å². The summed E-state index contributed by atoms with van der Waals surface area (Å²) in [6, 6.07) is 8.01. The Labute approximate surface area is 179 Å². The van der Waals surface area contributed by atoms with Crippen molar-refractivity contribution in [2.45, 2.75) is 38.9 Å². The quantitative estimate of drug-likeness (QED) is 0.734. The summed E-state index contributed by atoms with van der Waals surface area (Å²) in [6.07, 6.45) is 0.388. The lowest BCUT2D eigenvalue weighted by molar-refractivity contribution is 0.0333. The Morgan fingerprint density at radius 2 is 2.10 bits per heavy atom. The summed E-state index contributed by atoms with van der Waals surface area (Å²) >= 11 is 6.23. The molecule has 0 aliphatic carbocycles. The molecule has 1 aliphatic heterocycles. The highest BCUT2D eigenvalue weighted by Gasteiger charge is 2.54. The molecule has 1 aliphatic rings. The van der Waals surface area contributed by atoms with E-state index in [1.54, 1.807) is 24.3 Å². The monoisotopic (exact) mass is 431 g/mol. The molecule has 2 aromatic rings. The number of rotatable bonds is 4. The Morgan fingerprint density at radius 1 is 1.43 bits per heavy atom. The summed E-state index contributed by atoms with van der Waals surface area (Å²) in [5, 5.41) is 21.7. The fourth-order valence-corrected chi connectivity index (χ4v) is 4.27. The molecule has 2 unspecified atom stereocenters. The lowest BCUT2D eigenvalue weighted by Crippen LogP contribution is -2.54. The first-order valence-corrected chi connectivity index (χ1v) is 9.88. The highest BCUT2D eigenvalue weighted by molar-refractivity contribution is 6.32.